The Morgan fingerprint density at radius 3 is 2.06 bits per heavy atom. The molecule has 8 aromatic rings. The number of para-hydroxylation sites is 6. The van der Waals surface area contributed by atoms with Crippen molar-refractivity contribution >= 4 is 73.0 Å². The summed E-state index contributed by atoms with van der Waals surface area (Å²) in [5.41, 5.74) is 13.4. The van der Waals surface area contributed by atoms with Crippen molar-refractivity contribution in [2.75, 3.05) is 4.90 Å². The predicted molar refractivity (Wildman–Crippen MR) is 214 cm³/mol. The Bertz CT molecular complexity index is 2530. The van der Waals surface area contributed by atoms with E-state index in [4.69, 9.17) is 0 Å². The van der Waals surface area contributed by atoms with Crippen molar-refractivity contribution in [1.82, 2.24) is 4.57 Å². The normalized spacial score (nSPS) is 13.8. The van der Waals surface area contributed by atoms with Gasteiger partial charge in [-0.05, 0) is 24.7 Å². The van der Waals surface area contributed by atoms with Crippen molar-refractivity contribution in [2.45, 2.75) is 18.6 Å². The molecule has 3 heterocycles. The number of rotatable bonds is 3. The number of aromatic nitrogens is 2. The van der Waals surface area contributed by atoms with E-state index in [-0.39, 0.29) is 27.8 Å². The van der Waals surface area contributed by atoms with Crippen LogP contribution in [-0.2, 0) is 21.1 Å². The van der Waals surface area contributed by atoms with Gasteiger partial charge in [-0.2, -0.15) is 30.3 Å². The zero-order valence-corrected chi connectivity index (χ0v) is 33.1. The van der Waals surface area contributed by atoms with Gasteiger partial charge in [0.05, 0.1) is 16.7 Å². The van der Waals surface area contributed by atoms with Crippen LogP contribution in [0.5, 0.6) is 0 Å². The first-order valence-corrected chi connectivity index (χ1v) is 22.4. The zero-order valence-electron chi connectivity index (χ0n) is 29.2. The van der Waals surface area contributed by atoms with Gasteiger partial charge >= 0.3 is 197 Å². The maximum atomic E-state index is 3.59. The van der Waals surface area contributed by atoms with Gasteiger partial charge in [-0.1, -0.05) is 42.0 Å². The van der Waals surface area contributed by atoms with Crippen LogP contribution in [0.15, 0.2) is 158 Å². The summed E-state index contributed by atoms with van der Waals surface area (Å²) in [5.74, 6) is 4.97. The molecule has 6 heteroatoms. The second-order valence-electron chi connectivity index (χ2n) is 13.4. The summed E-state index contributed by atoms with van der Waals surface area (Å²) in [6.07, 6.45) is 3.44. The standard InChI is InChI=1S/C26H20BNSe.C20H15N2.Pt/c1-29(2)24-17-9-8-16-23(24)28-22-15-7-6-13-20(22)27(19-11-4-3-5-12-19)21-14-10-18-25(29)26(21)28;1-16-11-13-18(14-12-16)22-15-21(17-7-3-2-4-8-17)19-9-5-6-10-20(19)22;/h3-14,17-18H,1-2H3;2-7,9-14H,1H3;/q-2;-1;+4. The first-order chi connectivity index (χ1) is 25.0. The van der Waals surface area contributed by atoms with E-state index in [2.05, 4.69) is 178 Å². The molecular formula is C46H35BN3PtSe+. The fourth-order valence-electron chi connectivity index (χ4n) is 7.56. The van der Waals surface area contributed by atoms with E-state index >= 15 is 0 Å². The molecule has 10 rings (SSSR count). The predicted octanol–water partition coefficient (Wildman–Crippen LogP) is 6.54. The van der Waals surface area contributed by atoms with Crippen molar-refractivity contribution < 1.29 is 25.6 Å². The van der Waals surface area contributed by atoms with Gasteiger partial charge in [-0.15, -0.1) is 0 Å². The molecule has 2 aliphatic rings. The van der Waals surface area contributed by atoms with Gasteiger partial charge in [0.15, 0.2) is 0 Å². The average Bonchev–Trinajstić information content (AvgIpc) is 3.57. The second kappa shape index (κ2) is 13.9. The number of aryl methyl sites for hydroxylation is 1. The molecule has 0 spiro atoms. The van der Waals surface area contributed by atoms with E-state index in [0.717, 1.165) is 28.1 Å². The third-order valence-electron chi connectivity index (χ3n) is 10.0. The summed E-state index contributed by atoms with van der Waals surface area (Å²) in [7, 11) is 0. The van der Waals surface area contributed by atoms with Crippen LogP contribution in [0.3, 0.4) is 0 Å². The van der Waals surface area contributed by atoms with Gasteiger partial charge < -0.3 is 4.57 Å². The maximum absolute atomic E-state index is 3.59. The number of imidazole rings is 1. The maximum Gasteiger partial charge on any atom is 4.00 e. The number of hydrogen-bond donors (Lipinski definition) is 0. The van der Waals surface area contributed by atoms with Gasteiger partial charge in [0.2, 0.25) is 0 Å². The minimum Gasteiger partial charge on any atom is -0.315 e. The van der Waals surface area contributed by atoms with Crippen molar-refractivity contribution in [2.24, 2.45) is 0 Å². The molecule has 52 heavy (non-hydrogen) atoms. The Morgan fingerprint density at radius 1 is 0.596 bits per heavy atom. The Kier molecular flexibility index (Phi) is 9.14. The SMILES string of the molecule is C[Se]1(C)c2ccc[c-]c2N2c3[c-]cccc3B(c3ccccc3)c3cccc1c32.Cc1ccc(-[n+]2[c-]n(-c3[c-]cccc3)c3ccccc32)cc1.[Pt+4]. The zero-order chi connectivity index (χ0) is 34.5. The molecule has 0 atom stereocenters. The van der Waals surface area contributed by atoms with Crippen molar-refractivity contribution in [3.05, 3.63) is 188 Å². The first-order valence-electron chi connectivity index (χ1n) is 17.2. The minimum atomic E-state index is -2.04. The number of anilines is 3. The topological polar surface area (TPSA) is 12.1 Å². The third kappa shape index (κ3) is 5.69. The molecule has 0 N–H and O–H groups in total. The van der Waals surface area contributed by atoms with Crippen molar-refractivity contribution in [1.29, 1.82) is 0 Å². The average molecular weight is 915 g/mol. The smallest absolute Gasteiger partial charge is 0.315 e. The molecule has 0 bridgehead atoms. The summed E-state index contributed by atoms with van der Waals surface area (Å²) in [4.78, 5) is 2.43. The molecule has 0 amide bonds. The van der Waals surface area contributed by atoms with Gasteiger partial charge in [0.25, 0.3) is 6.33 Å². The fourth-order valence-corrected chi connectivity index (χ4v) is 12.6. The monoisotopic (exact) mass is 915 g/mol. The molecule has 0 saturated carbocycles. The summed E-state index contributed by atoms with van der Waals surface area (Å²) < 4.78 is 7.13. The molecule has 7 aromatic carbocycles. The summed E-state index contributed by atoms with van der Waals surface area (Å²) in [6, 6.07) is 66.0. The van der Waals surface area contributed by atoms with Crippen LogP contribution >= 0.6 is 0 Å². The number of nitrogens with zero attached hydrogens (tertiary/aromatic N) is 3. The Balaban J connectivity index is 0.000000152. The number of benzene rings is 7. The van der Waals surface area contributed by atoms with E-state index in [9.17, 15) is 0 Å². The molecule has 0 fully saturated rings. The van der Waals surface area contributed by atoms with Crippen molar-refractivity contribution in [3.63, 3.8) is 0 Å². The molecule has 2 aliphatic heterocycles. The molecule has 0 aliphatic carbocycles. The van der Waals surface area contributed by atoms with Gasteiger partial charge in [0.1, 0.15) is 0 Å². The molecule has 3 nitrogen and oxygen atoms in total. The Morgan fingerprint density at radius 2 is 1.27 bits per heavy atom. The van der Waals surface area contributed by atoms with E-state index in [1.807, 2.05) is 36.4 Å². The first kappa shape index (κ1) is 34.2. The molecular weight excluding hydrogens is 879 g/mol. The Labute approximate surface area is 323 Å². The third-order valence-corrected chi connectivity index (χ3v) is 16.0. The minimum absolute atomic E-state index is 0. The van der Waals surface area contributed by atoms with Crippen LogP contribution in [0.1, 0.15) is 5.56 Å². The number of fused-ring (bicyclic) bond motifs is 5. The van der Waals surface area contributed by atoms with E-state index < -0.39 is 12.8 Å². The van der Waals surface area contributed by atoms with E-state index in [1.165, 1.54) is 42.3 Å². The number of hydrogen-bond acceptors (Lipinski definition) is 1. The van der Waals surface area contributed by atoms with Crippen LogP contribution in [0.25, 0.3) is 22.4 Å². The van der Waals surface area contributed by atoms with Crippen LogP contribution in [-0.4, -0.2) is 24.1 Å². The van der Waals surface area contributed by atoms with Crippen LogP contribution < -0.4 is 34.8 Å². The molecule has 0 unspecified atom stereocenters. The quantitative estimate of drug-likeness (QED) is 0.112. The fraction of sp³-hybridized carbons (Fsp3) is 0.0652. The molecule has 0 saturated heterocycles. The van der Waals surface area contributed by atoms with E-state index in [0.29, 0.717) is 0 Å². The van der Waals surface area contributed by atoms with E-state index in [1.54, 1.807) is 0 Å². The van der Waals surface area contributed by atoms with Crippen LogP contribution in [0, 0.1) is 31.5 Å². The second-order valence-corrected chi connectivity index (χ2v) is 20.8. The Hall–Kier alpha value is -4.92. The van der Waals surface area contributed by atoms with Gasteiger partial charge in [0, 0.05) is 0 Å². The summed E-state index contributed by atoms with van der Waals surface area (Å²) >= 11 is -2.04. The summed E-state index contributed by atoms with van der Waals surface area (Å²) in [6.45, 7) is 2.33. The van der Waals surface area contributed by atoms with Crippen LogP contribution in [0.4, 0.5) is 17.1 Å². The van der Waals surface area contributed by atoms with Crippen molar-refractivity contribution in [3.8, 4) is 11.4 Å². The van der Waals surface area contributed by atoms with Crippen LogP contribution in [0.2, 0.25) is 11.6 Å². The molecule has 0 radical (unpaired) electrons. The largest absolute Gasteiger partial charge is 4.00 e. The summed E-state index contributed by atoms with van der Waals surface area (Å²) in [5, 5.41) is 0. The van der Waals surface area contributed by atoms with Gasteiger partial charge in [-0.25, -0.2) is 0 Å². The molecule has 252 valence electrons. The van der Waals surface area contributed by atoms with Gasteiger partial charge in [-0.3, -0.25) is 4.57 Å². The molecule has 1 aromatic heterocycles.